The summed E-state index contributed by atoms with van der Waals surface area (Å²) in [5.41, 5.74) is 5.57. The molecule has 2 aromatic carbocycles. The van der Waals surface area contributed by atoms with Crippen molar-refractivity contribution < 1.29 is 14.3 Å². The Morgan fingerprint density at radius 2 is 1.92 bits per heavy atom. The fourth-order valence-electron chi connectivity index (χ4n) is 2.29. The highest BCUT2D eigenvalue weighted by Gasteiger charge is 2.03. The van der Waals surface area contributed by atoms with E-state index in [0.717, 1.165) is 16.9 Å². The topological polar surface area (TPSA) is 59.9 Å². The number of hydrazone groups is 1. The van der Waals surface area contributed by atoms with Gasteiger partial charge in [-0.1, -0.05) is 26.0 Å². The minimum atomic E-state index is -0.311. The second-order valence-corrected chi connectivity index (χ2v) is 6.03. The van der Waals surface area contributed by atoms with Gasteiger partial charge in [0.25, 0.3) is 5.91 Å². The molecule has 5 heteroatoms. The lowest BCUT2D eigenvalue weighted by Gasteiger charge is -2.08. The second kappa shape index (κ2) is 8.87. The van der Waals surface area contributed by atoms with Crippen LogP contribution in [0.3, 0.4) is 0 Å². The number of carbonyl (C=O) groups is 1. The van der Waals surface area contributed by atoms with Crippen molar-refractivity contribution in [3.05, 3.63) is 59.2 Å². The second-order valence-electron chi connectivity index (χ2n) is 6.03. The van der Waals surface area contributed by atoms with E-state index in [9.17, 15) is 4.79 Å². The van der Waals surface area contributed by atoms with Crippen molar-refractivity contribution in [1.29, 1.82) is 0 Å². The summed E-state index contributed by atoms with van der Waals surface area (Å²) < 4.78 is 10.7. The Labute approximate surface area is 148 Å². The first-order valence-electron chi connectivity index (χ1n) is 8.19. The molecule has 0 saturated carbocycles. The predicted octanol–water partition coefficient (Wildman–Crippen LogP) is 3.66. The Bertz CT molecular complexity index is 737. The van der Waals surface area contributed by atoms with Crippen LogP contribution in [-0.4, -0.2) is 25.8 Å². The molecule has 0 aliphatic heterocycles. The lowest BCUT2D eigenvalue weighted by atomic mass is 10.0. The van der Waals surface area contributed by atoms with Crippen LogP contribution in [-0.2, 0) is 4.79 Å². The molecule has 132 valence electrons. The number of amides is 1. The smallest absolute Gasteiger partial charge is 0.277 e. The van der Waals surface area contributed by atoms with Gasteiger partial charge >= 0.3 is 0 Å². The summed E-state index contributed by atoms with van der Waals surface area (Å²) in [4.78, 5) is 11.8. The maximum absolute atomic E-state index is 11.8. The summed E-state index contributed by atoms with van der Waals surface area (Å²) in [5, 5.41) is 3.94. The van der Waals surface area contributed by atoms with E-state index < -0.39 is 0 Å². The van der Waals surface area contributed by atoms with Gasteiger partial charge in [-0.15, -0.1) is 0 Å². The maximum Gasteiger partial charge on any atom is 0.277 e. The molecule has 0 unspecified atom stereocenters. The van der Waals surface area contributed by atoms with Gasteiger partial charge in [0, 0.05) is 0 Å². The lowest BCUT2D eigenvalue weighted by molar-refractivity contribution is -0.123. The number of methoxy groups -OCH3 is 1. The van der Waals surface area contributed by atoms with Gasteiger partial charge in [-0.3, -0.25) is 4.79 Å². The molecule has 0 fully saturated rings. The molecule has 2 rings (SSSR count). The summed E-state index contributed by atoms with van der Waals surface area (Å²) in [6, 6.07) is 13.4. The summed E-state index contributed by atoms with van der Waals surface area (Å²) in [6.45, 7) is 6.13. The fraction of sp³-hybridized carbons (Fsp3) is 0.300. The zero-order chi connectivity index (χ0) is 18.2. The van der Waals surface area contributed by atoms with Crippen molar-refractivity contribution in [1.82, 2.24) is 5.43 Å². The number of nitrogens with one attached hydrogen (secondary N) is 1. The van der Waals surface area contributed by atoms with Gasteiger partial charge < -0.3 is 9.47 Å². The molecular weight excluding hydrogens is 316 g/mol. The summed E-state index contributed by atoms with van der Waals surface area (Å²) in [6.07, 6.45) is 1.59. The minimum Gasteiger partial charge on any atom is -0.496 e. The van der Waals surface area contributed by atoms with Crippen LogP contribution in [0, 0.1) is 6.92 Å². The molecule has 1 amide bonds. The third kappa shape index (κ3) is 5.64. The molecular formula is C20H24N2O3. The van der Waals surface area contributed by atoms with Gasteiger partial charge in [0.15, 0.2) is 6.61 Å². The average Bonchev–Trinajstić information content (AvgIpc) is 2.60. The zero-order valence-corrected chi connectivity index (χ0v) is 15.1. The third-order valence-electron chi connectivity index (χ3n) is 3.74. The van der Waals surface area contributed by atoms with Crippen molar-refractivity contribution in [2.24, 2.45) is 5.10 Å². The quantitative estimate of drug-likeness (QED) is 0.618. The van der Waals surface area contributed by atoms with Crippen LogP contribution in [0.1, 0.15) is 36.5 Å². The van der Waals surface area contributed by atoms with E-state index >= 15 is 0 Å². The molecule has 0 heterocycles. The number of nitrogens with zero attached hydrogens (tertiary/aromatic N) is 1. The lowest BCUT2D eigenvalue weighted by Crippen LogP contribution is -2.24. The first kappa shape index (κ1) is 18.5. The molecule has 0 saturated heterocycles. The van der Waals surface area contributed by atoms with Gasteiger partial charge in [0.05, 0.1) is 13.3 Å². The highest BCUT2D eigenvalue weighted by Crippen LogP contribution is 2.18. The Hall–Kier alpha value is -2.82. The molecule has 0 atom stereocenters. The Kier molecular flexibility index (Phi) is 6.57. The minimum absolute atomic E-state index is 0.0833. The van der Waals surface area contributed by atoms with Gasteiger partial charge in [0.1, 0.15) is 11.5 Å². The van der Waals surface area contributed by atoms with E-state index in [1.807, 2.05) is 49.4 Å². The van der Waals surface area contributed by atoms with Gasteiger partial charge in [-0.25, -0.2) is 5.43 Å². The Morgan fingerprint density at radius 1 is 1.20 bits per heavy atom. The molecule has 0 spiro atoms. The van der Waals surface area contributed by atoms with Crippen LogP contribution in [0.25, 0.3) is 0 Å². The van der Waals surface area contributed by atoms with Crippen LogP contribution in [0.2, 0.25) is 0 Å². The van der Waals surface area contributed by atoms with Crippen molar-refractivity contribution in [3.8, 4) is 11.5 Å². The van der Waals surface area contributed by atoms with Crippen LogP contribution in [0.15, 0.2) is 47.6 Å². The standard InChI is InChI=1S/C20H24N2O3/c1-14(2)17-6-8-18(9-7-17)25-13-20(23)22-21-12-16-5-10-19(24-4)15(3)11-16/h5-12,14H,13H2,1-4H3,(H,22,23)/b21-12+. The fourth-order valence-corrected chi connectivity index (χ4v) is 2.29. The number of hydrogen-bond donors (Lipinski definition) is 1. The molecule has 0 bridgehead atoms. The molecule has 0 radical (unpaired) electrons. The third-order valence-corrected chi connectivity index (χ3v) is 3.74. The van der Waals surface area contributed by atoms with Gasteiger partial charge in [0.2, 0.25) is 0 Å². The van der Waals surface area contributed by atoms with E-state index in [0.29, 0.717) is 11.7 Å². The van der Waals surface area contributed by atoms with E-state index in [2.05, 4.69) is 24.4 Å². The number of aryl methyl sites for hydroxylation is 1. The van der Waals surface area contributed by atoms with Crippen LogP contribution >= 0.6 is 0 Å². The number of rotatable bonds is 7. The first-order valence-corrected chi connectivity index (χ1v) is 8.19. The van der Waals surface area contributed by atoms with Crippen LogP contribution in [0.4, 0.5) is 0 Å². The molecule has 0 aliphatic carbocycles. The van der Waals surface area contributed by atoms with E-state index in [-0.39, 0.29) is 12.5 Å². The number of hydrogen-bond acceptors (Lipinski definition) is 4. The van der Waals surface area contributed by atoms with Crippen LogP contribution in [0.5, 0.6) is 11.5 Å². The predicted molar refractivity (Wildman–Crippen MR) is 99.5 cm³/mol. The molecule has 5 nitrogen and oxygen atoms in total. The normalized spacial score (nSPS) is 10.9. The van der Waals surface area contributed by atoms with Crippen molar-refractivity contribution in [2.45, 2.75) is 26.7 Å². The summed E-state index contributed by atoms with van der Waals surface area (Å²) in [7, 11) is 1.63. The van der Waals surface area contributed by atoms with E-state index in [4.69, 9.17) is 9.47 Å². The Morgan fingerprint density at radius 3 is 2.52 bits per heavy atom. The van der Waals surface area contributed by atoms with Crippen molar-refractivity contribution in [3.63, 3.8) is 0 Å². The Balaban J connectivity index is 1.81. The average molecular weight is 340 g/mol. The maximum atomic E-state index is 11.8. The van der Waals surface area contributed by atoms with Gasteiger partial charge in [-0.2, -0.15) is 5.10 Å². The van der Waals surface area contributed by atoms with Gasteiger partial charge in [-0.05, 0) is 59.9 Å². The first-order chi connectivity index (χ1) is 12.0. The van der Waals surface area contributed by atoms with Crippen molar-refractivity contribution in [2.75, 3.05) is 13.7 Å². The molecule has 0 aromatic heterocycles. The summed E-state index contributed by atoms with van der Waals surface area (Å²) >= 11 is 0. The molecule has 0 aliphatic rings. The number of carbonyl (C=O) groups excluding carboxylic acids is 1. The SMILES string of the molecule is COc1ccc(/C=N/NC(=O)COc2ccc(C(C)C)cc2)cc1C. The summed E-state index contributed by atoms with van der Waals surface area (Å²) in [5.74, 6) is 1.63. The molecule has 2 aromatic rings. The van der Waals surface area contributed by atoms with Crippen LogP contribution < -0.4 is 14.9 Å². The zero-order valence-electron chi connectivity index (χ0n) is 15.1. The van der Waals surface area contributed by atoms with E-state index in [1.165, 1.54) is 5.56 Å². The largest absolute Gasteiger partial charge is 0.496 e. The monoisotopic (exact) mass is 340 g/mol. The van der Waals surface area contributed by atoms with Crippen molar-refractivity contribution >= 4 is 12.1 Å². The molecule has 25 heavy (non-hydrogen) atoms. The molecule has 1 N–H and O–H groups in total. The highest BCUT2D eigenvalue weighted by atomic mass is 16.5. The van der Waals surface area contributed by atoms with E-state index in [1.54, 1.807) is 13.3 Å². The number of ether oxygens (including phenoxy) is 2. The number of benzene rings is 2. The highest BCUT2D eigenvalue weighted by molar-refractivity contribution is 5.83.